The van der Waals surface area contributed by atoms with Gasteiger partial charge in [-0.15, -0.1) is 0 Å². The lowest BCUT2D eigenvalue weighted by molar-refractivity contribution is 0.102. The lowest BCUT2D eigenvalue weighted by Crippen LogP contribution is -2.37. The van der Waals surface area contributed by atoms with Crippen molar-refractivity contribution in [3.8, 4) is 0 Å². The van der Waals surface area contributed by atoms with Crippen LogP contribution in [0.2, 0.25) is 0 Å². The van der Waals surface area contributed by atoms with Crippen molar-refractivity contribution in [1.29, 1.82) is 0 Å². The second-order valence-electron chi connectivity index (χ2n) is 7.96. The fourth-order valence-corrected chi connectivity index (χ4v) is 3.50. The number of carbonyl (C=O) groups excluding carboxylic acids is 2. The molecule has 0 saturated carbocycles. The first-order valence-corrected chi connectivity index (χ1v) is 10.5. The van der Waals surface area contributed by atoms with Gasteiger partial charge in [-0.2, -0.15) is 0 Å². The van der Waals surface area contributed by atoms with Gasteiger partial charge in [-0.1, -0.05) is 12.1 Å². The van der Waals surface area contributed by atoms with E-state index in [0.717, 1.165) is 31.6 Å². The molecule has 1 atom stereocenters. The summed E-state index contributed by atoms with van der Waals surface area (Å²) in [6, 6.07) is 14.6. The molecular formula is C23H31N5O3. The summed E-state index contributed by atoms with van der Waals surface area (Å²) in [6.45, 7) is 2.84. The van der Waals surface area contributed by atoms with E-state index in [1.54, 1.807) is 24.3 Å². The Morgan fingerprint density at radius 1 is 1.16 bits per heavy atom. The minimum atomic E-state index is -0.363. The van der Waals surface area contributed by atoms with Crippen LogP contribution in [0.5, 0.6) is 0 Å². The largest absolute Gasteiger partial charge is 0.450 e. The molecule has 2 amide bonds. The molecule has 1 aliphatic heterocycles. The number of para-hydroxylation sites is 2. The second kappa shape index (κ2) is 10.7. The highest BCUT2D eigenvalue weighted by Crippen LogP contribution is 2.22. The van der Waals surface area contributed by atoms with E-state index in [0.29, 0.717) is 30.1 Å². The van der Waals surface area contributed by atoms with Crippen molar-refractivity contribution in [2.75, 3.05) is 56.3 Å². The minimum Gasteiger partial charge on any atom is -0.450 e. The number of amides is 2. The minimum absolute atomic E-state index is 0.0466. The van der Waals surface area contributed by atoms with Crippen LogP contribution in [-0.4, -0.2) is 63.3 Å². The Kier molecular flexibility index (Phi) is 7.72. The molecule has 4 N–H and O–H groups in total. The number of ether oxygens (including phenoxy) is 1. The Labute approximate surface area is 183 Å². The summed E-state index contributed by atoms with van der Waals surface area (Å²) in [4.78, 5) is 28.7. The predicted molar refractivity (Wildman–Crippen MR) is 124 cm³/mol. The van der Waals surface area contributed by atoms with Crippen molar-refractivity contribution in [2.45, 2.75) is 18.9 Å². The summed E-state index contributed by atoms with van der Waals surface area (Å²) in [5.41, 5.74) is 8.58. The molecule has 0 bridgehead atoms. The molecule has 3 rings (SSSR count). The van der Waals surface area contributed by atoms with E-state index in [1.807, 2.05) is 38.4 Å². The highest BCUT2D eigenvalue weighted by Gasteiger charge is 2.24. The normalized spacial score (nSPS) is 15.7. The highest BCUT2D eigenvalue weighted by atomic mass is 16.5. The molecule has 0 aliphatic carbocycles. The molecule has 8 heteroatoms. The maximum Gasteiger partial charge on any atom is 0.407 e. The Morgan fingerprint density at radius 3 is 2.61 bits per heavy atom. The van der Waals surface area contributed by atoms with Crippen LogP contribution in [0, 0.1) is 0 Å². The van der Waals surface area contributed by atoms with Crippen LogP contribution in [0.1, 0.15) is 23.2 Å². The molecule has 1 saturated heterocycles. The summed E-state index contributed by atoms with van der Waals surface area (Å²) in [6.07, 6.45) is 1.30. The number of nitrogens with one attached hydrogen (secondary N) is 2. The number of nitrogens with zero attached hydrogens (tertiary/aromatic N) is 2. The van der Waals surface area contributed by atoms with Crippen molar-refractivity contribution in [1.82, 2.24) is 10.2 Å². The van der Waals surface area contributed by atoms with Crippen LogP contribution < -0.4 is 21.3 Å². The second-order valence-corrected chi connectivity index (χ2v) is 7.96. The number of alkyl carbamates (subject to hydrolysis) is 1. The van der Waals surface area contributed by atoms with Crippen molar-refractivity contribution in [2.24, 2.45) is 0 Å². The van der Waals surface area contributed by atoms with Gasteiger partial charge in [-0.3, -0.25) is 4.79 Å². The van der Waals surface area contributed by atoms with Crippen LogP contribution in [0.4, 0.5) is 21.9 Å². The van der Waals surface area contributed by atoms with Crippen molar-refractivity contribution >= 4 is 29.1 Å². The van der Waals surface area contributed by atoms with E-state index < -0.39 is 0 Å². The number of nitrogens with two attached hydrogens (primary N) is 1. The fraction of sp³-hybridized carbons (Fsp3) is 0.391. The average molecular weight is 426 g/mol. The molecular weight excluding hydrogens is 394 g/mol. The number of nitrogen functional groups attached to an aromatic ring is 1. The molecule has 0 radical (unpaired) electrons. The van der Waals surface area contributed by atoms with Gasteiger partial charge in [0.05, 0.1) is 24.0 Å². The van der Waals surface area contributed by atoms with Crippen LogP contribution in [-0.2, 0) is 4.74 Å². The molecule has 1 heterocycles. The summed E-state index contributed by atoms with van der Waals surface area (Å²) in [5, 5.41) is 5.77. The molecule has 2 aromatic rings. The Morgan fingerprint density at radius 2 is 1.90 bits per heavy atom. The topological polar surface area (TPSA) is 99.9 Å². The first kappa shape index (κ1) is 22.4. The van der Waals surface area contributed by atoms with Crippen LogP contribution in [0.25, 0.3) is 0 Å². The number of rotatable bonds is 8. The van der Waals surface area contributed by atoms with E-state index in [9.17, 15) is 9.59 Å². The number of hydrogen-bond donors (Lipinski definition) is 3. The molecule has 31 heavy (non-hydrogen) atoms. The third-order valence-corrected chi connectivity index (χ3v) is 5.20. The molecule has 166 valence electrons. The van der Waals surface area contributed by atoms with E-state index in [2.05, 4.69) is 20.4 Å². The van der Waals surface area contributed by atoms with Crippen LogP contribution >= 0.6 is 0 Å². The zero-order valence-corrected chi connectivity index (χ0v) is 18.1. The molecule has 1 fully saturated rings. The predicted octanol–water partition coefficient (Wildman–Crippen LogP) is 2.78. The molecule has 0 unspecified atom stereocenters. The van der Waals surface area contributed by atoms with Crippen LogP contribution in [0.3, 0.4) is 0 Å². The average Bonchev–Trinajstić information content (AvgIpc) is 3.21. The zero-order valence-electron chi connectivity index (χ0n) is 18.1. The summed E-state index contributed by atoms with van der Waals surface area (Å²) < 4.78 is 5.25. The molecule has 2 aromatic carbocycles. The monoisotopic (exact) mass is 425 g/mol. The first-order chi connectivity index (χ1) is 14.9. The SMILES string of the molecule is CN(C)CCCOC(=O)N[C@H]1CCN(c2ccc(C(=O)Nc3ccccc3N)cc2)C1. The Hall–Kier alpha value is -3.26. The van der Waals surface area contributed by atoms with Gasteiger partial charge < -0.3 is 30.9 Å². The van der Waals surface area contributed by atoms with E-state index in [4.69, 9.17) is 10.5 Å². The molecule has 8 nitrogen and oxygen atoms in total. The summed E-state index contributed by atoms with van der Waals surface area (Å²) in [7, 11) is 3.98. The smallest absolute Gasteiger partial charge is 0.407 e. The maximum absolute atomic E-state index is 12.5. The number of benzene rings is 2. The van der Waals surface area contributed by atoms with Crippen molar-refractivity contribution in [3.63, 3.8) is 0 Å². The zero-order chi connectivity index (χ0) is 22.2. The van der Waals surface area contributed by atoms with Crippen LogP contribution in [0.15, 0.2) is 48.5 Å². The maximum atomic E-state index is 12.5. The van der Waals surface area contributed by atoms with E-state index in [-0.39, 0.29) is 18.0 Å². The Balaban J connectivity index is 1.46. The van der Waals surface area contributed by atoms with E-state index >= 15 is 0 Å². The van der Waals surface area contributed by atoms with Gasteiger partial charge in [0.15, 0.2) is 0 Å². The number of anilines is 3. The number of carbonyl (C=O) groups is 2. The standard InChI is InChI=1S/C23H31N5O3/c1-27(2)13-5-15-31-23(30)25-18-12-14-28(16-18)19-10-8-17(9-11-19)22(29)26-21-7-4-3-6-20(21)24/h3-4,6-11,18H,5,12-16,24H2,1-2H3,(H,25,30)(H,26,29)/t18-/m0/s1. The van der Waals surface area contributed by atoms with Gasteiger partial charge in [0.2, 0.25) is 0 Å². The lowest BCUT2D eigenvalue weighted by atomic mass is 10.1. The molecule has 0 spiro atoms. The number of hydrogen-bond acceptors (Lipinski definition) is 6. The van der Waals surface area contributed by atoms with Crippen molar-refractivity contribution in [3.05, 3.63) is 54.1 Å². The van der Waals surface area contributed by atoms with Gasteiger partial charge in [0.1, 0.15) is 0 Å². The third-order valence-electron chi connectivity index (χ3n) is 5.20. The molecule has 0 aromatic heterocycles. The van der Waals surface area contributed by atoms with Gasteiger partial charge >= 0.3 is 6.09 Å². The van der Waals surface area contributed by atoms with Gasteiger partial charge in [-0.25, -0.2) is 4.79 Å². The summed E-state index contributed by atoms with van der Waals surface area (Å²) in [5.74, 6) is -0.206. The highest BCUT2D eigenvalue weighted by molar-refractivity contribution is 6.05. The van der Waals surface area contributed by atoms with Crippen molar-refractivity contribution < 1.29 is 14.3 Å². The fourth-order valence-electron chi connectivity index (χ4n) is 3.50. The van der Waals surface area contributed by atoms with E-state index in [1.165, 1.54) is 0 Å². The lowest BCUT2D eigenvalue weighted by Gasteiger charge is -2.19. The molecule has 1 aliphatic rings. The quantitative estimate of drug-likeness (QED) is 0.444. The Bertz CT molecular complexity index is 885. The summed E-state index contributed by atoms with van der Waals surface area (Å²) >= 11 is 0. The first-order valence-electron chi connectivity index (χ1n) is 10.5. The van der Waals surface area contributed by atoms with Gasteiger partial charge in [0, 0.05) is 30.9 Å². The van der Waals surface area contributed by atoms with Gasteiger partial charge in [-0.05, 0) is 63.3 Å². The third kappa shape index (κ3) is 6.62. The van der Waals surface area contributed by atoms with Gasteiger partial charge in [0.25, 0.3) is 5.91 Å².